The summed E-state index contributed by atoms with van der Waals surface area (Å²) >= 11 is 2.77. The first-order chi connectivity index (χ1) is 13.1. The van der Waals surface area contributed by atoms with Crippen molar-refractivity contribution in [2.45, 2.75) is 15.0 Å². The molecule has 0 saturated carbocycles. The molecule has 0 fully saturated rings. The van der Waals surface area contributed by atoms with E-state index in [1.165, 1.54) is 23.1 Å². The van der Waals surface area contributed by atoms with Crippen LogP contribution in [0.2, 0.25) is 0 Å². The van der Waals surface area contributed by atoms with E-state index in [0.717, 1.165) is 21.4 Å². The van der Waals surface area contributed by atoms with Gasteiger partial charge in [0.25, 0.3) is 10.0 Å². The number of anilines is 1. The average molecular weight is 413 g/mol. The minimum absolute atomic E-state index is 0.298. The van der Waals surface area contributed by atoms with E-state index < -0.39 is 10.0 Å². The van der Waals surface area contributed by atoms with Gasteiger partial charge in [0.1, 0.15) is 9.24 Å². The molecular weight excluding hydrogens is 396 g/mol. The van der Waals surface area contributed by atoms with E-state index in [9.17, 15) is 8.42 Å². The zero-order chi connectivity index (χ0) is 18.7. The van der Waals surface area contributed by atoms with Gasteiger partial charge in [0.2, 0.25) is 0 Å². The lowest BCUT2D eigenvalue weighted by Crippen LogP contribution is -2.12. The van der Waals surface area contributed by atoms with Crippen molar-refractivity contribution in [2.24, 2.45) is 0 Å². The lowest BCUT2D eigenvalue weighted by atomic mass is 10.2. The highest BCUT2D eigenvalue weighted by atomic mass is 32.2. The Morgan fingerprint density at radius 3 is 2.56 bits per heavy atom. The first-order valence-corrected chi connectivity index (χ1v) is 11.5. The molecule has 27 heavy (non-hydrogen) atoms. The molecule has 136 valence electrons. The topological polar surface area (TPSA) is 59.1 Å². The quantitative estimate of drug-likeness (QED) is 0.431. The second kappa shape index (κ2) is 7.72. The van der Waals surface area contributed by atoms with Crippen molar-refractivity contribution in [3.05, 3.63) is 84.6 Å². The molecule has 4 aromatic rings. The number of benzene rings is 2. The summed E-state index contributed by atoms with van der Waals surface area (Å²) in [6.07, 6.45) is 1.67. The van der Waals surface area contributed by atoms with Crippen molar-refractivity contribution in [3.8, 4) is 0 Å². The molecule has 2 heterocycles. The number of pyridine rings is 1. The molecule has 0 bridgehead atoms. The number of thiophene rings is 1. The Bertz CT molecular complexity index is 1140. The number of hydrogen-bond acceptors (Lipinski definition) is 5. The second-order valence-corrected chi connectivity index (χ2v) is 9.80. The van der Waals surface area contributed by atoms with Gasteiger partial charge in [-0.05, 0) is 35.2 Å². The predicted octanol–water partition coefficient (Wildman–Crippen LogP) is 5.39. The first kappa shape index (κ1) is 18.0. The molecule has 1 N–H and O–H groups in total. The van der Waals surface area contributed by atoms with Crippen LogP contribution in [0.25, 0.3) is 10.1 Å². The van der Waals surface area contributed by atoms with Gasteiger partial charge < -0.3 is 0 Å². The van der Waals surface area contributed by atoms with Crippen molar-refractivity contribution < 1.29 is 8.42 Å². The first-order valence-electron chi connectivity index (χ1n) is 8.25. The van der Waals surface area contributed by atoms with Crippen LogP contribution in [0.5, 0.6) is 0 Å². The Labute approximate surface area is 166 Å². The molecule has 0 atom stereocenters. The van der Waals surface area contributed by atoms with Gasteiger partial charge in [-0.15, -0.1) is 11.3 Å². The van der Waals surface area contributed by atoms with Crippen LogP contribution in [-0.4, -0.2) is 13.4 Å². The van der Waals surface area contributed by atoms with Crippen LogP contribution < -0.4 is 4.72 Å². The van der Waals surface area contributed by atoms with Gasteiger partial charge in [0, 0.05) is 16.6 Å². The lowest BCUT2D eigenvalue weighted by molar-refractivity contribution is 0.603. The molecule has 0 aliphatic heterocycles. The molecule has 0 unspecified atom stereocenters. The molecular formula is C20H16N2O2S3. The summed E-state index contributed by atoms with van der Waals surface area (Å²) in [6.45, 7) is 0. The number of nitrogens with one attached hydrogen (secondary N) is 1. The van der Waals surface area contributed by atoms with Crippen LogP contribution in [0.3, 0.4) is 0 Å². The molecule has 2 aromatic heterocycles. The molecule has 0 amide bonds. The molecule has 0 radical (unpaired) electrons. The highest BCUT2D eigenvalue weighted by Crippen LogP contribution is 2.33. The van der Waals surface area contributed by atoms with Gasteiger partial charge in [-0.2, -0.15) is 0 Å². The van der Waals surface area contributed by atoms with E-state index in [-0.39, 0.29) is 0 Å². The maximum absolute atomic E-state index is 12.9. The Balaban J connectivity index is 1.58. The van der Waals surface area contributed by atoms with E-state index in [2.05, 4.69) is 9.71 Å². The number of fused-ring (bicyclic) bond motifs is 1. The Hall–Kier alpha value is -2.35. The highest BCUT2D eigenvalue weighted by Gasteiger charge is 2.19. The standard InChI is InChI=1S/C20H16N2O2S3/c23-27(24,19-13-16-9-4-5-11-18(16)26-19)22-17-10-6-12-21-20(17)25-14-15-7-2-1-3-8-15/h1-13,22H,14H2. The van der Waals surface area contributed by atoms with Gasteiger partial charge >= 0.3 is 0 Å². The second-order valence-electron chi connectivity index (χ2n) is 5.84. The van der Waals surface area contributed by atoms with Crippen molar-refractivity contribution in [1.29, 1.82) is 0 Å². The monoisotopic (exact) mass is 412 g/mol. The highest BCUT2D eigenvalue weighted by molar-refractivity contribution is 7.98. The number of aromatic nitrogens is 1. The third-order valence-electron chi connectivity index (χ3n) is 3.90. The SMILES string of the molecule is O=S(=O)(Nc1cccnc1SCc1ccccc1)c1cc2ccccc2s1. The Kier molecular flexibility index (Phi) is 5.15. The summed E-state index contributed by atoms with van der Waals surface area (Å²) in [5.74, 6) is 0.718. The largest absolute Gasteiger partial charge is 0.276 e. The molecule has 4 nitrogen and oxygen atoms in total. The fourth-order valence-corrected chi connectivity index (χ4v) is 6.03. The van der Waals surface area contributed by atoms with Crippen molar-refractivity contribution in [2.75, 3.05) is 4.72 Å². The van der Waals surface area contributed by atoms with Crippen molar-refractivity contribution in [1.82, 2.24) is 4.98 Å². The summed E-state index contributed by atoms with van der Waals surface area (Å²) in [6, 6.07) is 22.8. The number of nitrogens with zero attached hydrogens (tertiary/aromatic N) is 1. The van der Waals surface area contributed by atoms with E-state index >= 15 is 0 Å². The zero-order valence-electron chi connectivity index (χ0n) is 14.2. The maximum atomic E-state index is 12.9. The molecule has 0 aliphatic rings. The third kappa shape index (κ3) is 4.16. The summed E-state index contributed by atoms with van der Waals surface area (Å²) in [7, 11) is -3.67. The number of thioether (sulfide) groups is 1. The molecule has 0 aliphatic carbocycles. The van der Waals surface area contributed by atoms with Gasteiger partial charge in [0.15, 0.2) is 0 Å². The maximum Gasteiger partial charge on any atom is 0.271 e. The van der Waals surface area contributed by atoms with Crippen LogP contribution >= 0.6 is 23.1 Å². The van der Waals surface area contributed by atoms with Crippen molar-refractivity contribution >= 4 is 48.9 Å². The zero-order valence-corrected chi connectivity index (χ0v) is 16.7. The molecule has 2 aromatic carbocycles. The predicted molar refractivity (Wildman–Crippen MR) is 113 cm³/mol. The number of rotatable bonds is 6. The fraction of sp³-hybridized carbons (Fsp3) is 0.0500. The lowest BCUT2D eigenvalue weighted by Gasteiger charge is -2.10. The summed E-state index contributed by atoms with van der Waals surface area (Å²) in [5.41, 5.74) is 1.65. The number of hydrogen-bond donors (Lipinski definition) is 1. The summed E-state index contributed by atoms with van der Waals surface area (Å²) < 4.78 is 29.7. The molecule has 0 spiro atoms. The van der Waals surface area contributed by atoms with Gasteiger partial charge in [0.05, 0.1) is 5.69 Å². The normalized spacial score (nSPS) is 11.6. The van der Waals surface area contributed by atoms with E-state index in [0.29, 0.717) is 14.9 Å². The average Bonchev–Trinajstić information content (AvgIpc) is 3.13. The molecule has 0 saturated heterocycles. The minimum Gasteiger partial charge on any atom is -0.276 e. The van der Waals surface area contributed by atoms with Crippen LogP contribution in [0.1, 0.15) is 5.56 Å². The summed E-state index contributed by atoms with van der Waals surface area (Å²) in [5, 5.41) is 1.58. The van der Waals surface area contributed by atoms with Crippen molar-refractivity contribution in [3.63, 3.8) is 0 Å². The van der Waals surface area contributed by atoms with Gasteiger partial charge in [-0.1, -0.05) is 60.3 Å². The fourth-order valence-electron chi connectivity index (χ4n) is 2.59. The van der Waals surface area contributed by atoms with Crippen LogP contribution in [0.4, 0.5) is 5.69 Å². The van der Waals surface area contributed by atoms with Crippen LogP contribution in [-0.2, 0) is 15.8 Å². The molecule has 7 heteroatoms. The van der Waals surface area contributed by atoms with Gasteiger partial charge in [-0.3, -0.25) is 4.72 Å². The summed E-state index contributed by atoms with van der Waals surface area (Å²) in [4.78, 5) is 4.35. The van der Waals surface area contributed by atoms with Crippen LogP contribution in [0, 0.1) is 0 Å². The van der Waals surface area contributed by atoms with E-state index in [1.807, 2.05) is 54.6 Å². The van der Waals surface area contributed by atoms with E-state index in [4.69, 9.17) is 0 Å². The van der Waals surface area contributed by atoms with Crippen LogP contribution in [0.15, 0.2) is 88.2 Å². The molecule has 4 rings (SSSR count). The Morgan fingerprint density at radius 1 is 0.963 bits per heavy atom. The van der Waals surface area contributed by atoms with Gasteiger partial charge in [-0.25, -0.2) is 13.4 Å². The minimum atomic E-state index is -3.67. The third-order valence-corrected chi connectivity index (χ3v) is 7.93. The number of sulfonamides is 1. The smallest absolute Gasteiger partial charge is 0.271 e. The van der Waals surface area contributed by atoms with E-state index in [1.54, 1.807) is 24.4 Å². The Morgan fingerprint density at radius 2 is 1.74 bits per heavy atom.